The van der Waals surface area contributed by atoms with Crippen molar-refractivity contribution in [3.05, 3.63) is 0 Å². The van der Waals surface area contributed by atoms with E-state index in [0.29, 0.717) is 0 Å². The molecule has 0 aliphatic carbocycles. The highest BCUT2D eigenvalue weighted by Gasteiger charge is 2.06. The van der Waals surface area contributed by atoms with Crippen LogP contribution in [0.3, 0.4) is 0 Å². The van der Waals surface area contributed by atoms with Crippen molar-refractivity contribution in [2.45, 2.75) is 98.5 Å². The first kappa shape index (κ1) is 1.83. The minimum atomic E-state index is -5.66. The Morgan fingerprint density at radius 1 is 0.632 bits per heavy atom. The molecule has 0 aliphatic heterocycles. The fraction of sp³-hybridized carbons (Fsp3) is 1.00. The Morgan fingerprint density at radius 3 is 1.32 bits per heavy atom. The molecular weight excluding hydrogens is 228 g/mol. The molecule has 0 rings (SSSR count). The molecule has 2 atom stereocenters. The third-order valence-electron chi connectivity index (χ3n) is 1.12. The van der Waals surface area contributed by atoms with Crippen LogP contribution in [0.15, 0.2) is 0 Å². The Bertz CT molecular complexity index is 1370. The molecule has 0 aromatic carbocycles. The van der Waals surface area contributed by atoms with Crippen molar-refractivity contribution in [3.63, 3.8) is 0 Å². The van der Waals surface area contributed by atoms with Crippen molar-refractivity contribution in [2.24, 2.45) is 23.6 Å². The lowest BCUT2D eigenvalue weighted by Gasteiger charge is -2.15. The lowest BCUT2D eigenvalue weighted by molar-refractivity contribution is 0.381. The van der Waals surface area contributed by atoms with Gasteiger partial charge in [0.15, 0.2) is 0 Å². The van der Waals surface area contributed by atoms with Crippen LogP contribution in [0.5, 0.6) is 0 Å². The maximum atomic E-state index is 8.68. The van der Waals surface area contributed by atoms with Crippen molar-refractivity contribution in [3.8, 4) is 0 Å². The zero-order valence-electron chi connectivity index (χ0n) is 49.5. The molecule has 19 heavy (non-hydrogen) atoms. The van der Waals surface area contributed by atoms with Crippen LogP contribution >= 0.6 is 0 Å². The second-order valence-electron chi connectivity index (χ2n) is 2.62. The maximum absolute atomic E-state index is 8.68. The Labute approximate surface area is 180 Å². The van der Waals surface area contributed by atoms with Crippen LogP contribution < -0.4 is 0 Å². The Balaban J connectivity index is 8.93. The SMILES string of the molecule is [2H]C([2H])([2H])C([2H])(C([2H])([2H])[2H])C([2H])([2H])C([2H])([2H])C([2H])([2H])C([2H])(C([2H])([2H])[2H])C([2H])([2H])C([2H])([2H])C([2H])([2H])C([2H])(C([2H])([2H])[2H])C([2H])([2H])C([2H])([2H])C([2H])([2H])C([2H])(C([2H])([2H])[2H])C([2H])([2H])[2H]. The van der Waals surface area contributed by atoms with E-state index in [2.05, 4.69) is 0 Å². The van der Waals surface area contributed by atoms with E-state index in [1.165, 1.54) is 0 Å². The first-order chi connectivity index (χ1) is 24.5. The third-order valence-corrected chi connectivity index (χ3v) is 1.12. The zero-order valence-corrected chi connectivity index (χ0v) is 9.50. The molecule has 0 saturated heterocycles. The lowest BCUT2D eigenvalue weighted by atomic mass is 9.91. The minimum absolute atomic E-state index is 4.54. The van der Waals surface area contributed by atoms with Gasteiger partial charge in [0.1, 0.15) is 0 Å². The normalized spacial score (nSPS) is 61.5. The quantitative estimate of drug-likeness (QED) is 0.361. The van der Waals surface area contributed by atoms with Crippen LogP contribution in [0.25, 0.3) is 0 Å². The van der Waals surface area contributed by atoms with Crippen molar-refractivity contribution in [2.75, 3.05) is 0 Å². The van der Waals surface area contributed by atoms with Gasteiger partial charge in [0.25, 0.3) is 0 Å². The molecule has 0 heterocycles. The van der Waals surface area contributed by atoms with Gasteiger partial charge in [0, 0.05) is 54.8 Å². The van der Waals surface area contributed by atoms with Gasteiger partial charge in [-0.15, -0.1) is 0 Å². The molecule has 0 amide bonds. The van der Waals surface area contributed by atoms with Gasteiger partial charge in [-0.3, -0.25) is 0 Å². The summed E-state index contributed by atoms with van der Waals surface area (Å²) in [5.74, 6) is -21.0. The van der Waals surface area contributed by atoms with Crippen LogP contribution in [0, 0.1) is 23.6 Å². The van der Waals surface area contributed by atoms with Gasteiger partial charge in [-0.1, -0.05) is 98.5 Å². The van der Waals surface area contributed by atoms with E-state index in [1.54, 1.807) is 0 Å². The molecule has 0 saturated carbocycles. The molecular formula is C19H40. The molecule has 0 bridgehead atoms. The van der Waals surface area contributed by atoms with Crippen LogP contribution in [0.2, 0.25) is 0 Å². The van der Waals surface area contributed by atoms with Crippen LogP contribution in [0.1, 0.15) is 153 Å². The first-order valence-electron chi connectivity index (χ1n) is 24.5. The highest BCUT2D eigenvalue weighted by Crippen LogP contribution is 2.21. The Morgan fingerprint density at radius 2 is 1.00 bits per heavy atom. The van der Waals surface area contributed by atoms with E-state index in [0.717, 1.165) is 0 Å². The molecule has 0 radical (unpaired) electrons. The number of rotatable bonds is 12. The molecule has 0 fully saturated rings. The standard InChI is InChI=1S/C19H40/c1-16(2)10-7-12-18(5)14-9-15-19(6)13-8-11-17(3)4/h16-19H,7-15H2,1-6H3/i1D3,2D3,3D3,4D3,5D3,6D3,7D2,8D2,9D2,10D2,11D2,12D2,13D2,14D2,15D2,16D,17D,18D,19D. The summed E-state index contributed by atoms with van der Waals surface area (Å²) in [6.07, 6.45) is -49.1. The molecule has 0 aliphatic rings. The van der Waals surface area contributed by atoms with Crippen LogP contribution in [-0.2, 0) is 0 Å². The molecule has 0 spiro atoms. The Hall–Kier alpha value is 0. The zero-order chi connectivity index (χ0) is 49.5. The van der Waals surface area contributed by atoms with Gasteiger partial charge < -0.3 is 0 Å². The summed E-state index contributed by atoms with van der Waals surface area (Å²) in [5, 5.41) is 0. The molecule has 0 aromatic rings. The molecule has 0 nitrogen and oxygen atoms in total. The average molecular weight is 309 g/mol. The van der Waals surface area contributed by atoms with Gasteiger partial charge in [0.2, 0.25) is 0 Å². The van der Waals surface area contributed by atoms with E-state index >= 15 is 0 Å². The summed E-state index contributed by atoms with van der Waals surface area (Å²) < 4.78 is 322. The molecule has 2 unspecified atom stereocenters. The summed E-state index contributed by atoms with van der Waals surface area (Å²) in [6, 6.07) is 0. The largest absolute Gasteiger partial charge is 0.0628 e. The smallest absolute Gasteiger partial charge is 0.0300 e. The van der Waals surface area contributed by atoms with Crippen molar-refractivity contribution >= 4 is 0 Å². The van der Waals surface area contributed by atoms with Gasteiger partial charge >= 0.3 is 0 Å². The molecule has 0 heteroatoms. The number of hydrogen-bond acceptors (Lipinski definition) is 0. The summed E-state index contributed by atoms with van der Waals surface area (Å²) in [7, 11) is 0. The highest BCUT2D eigenvalue weighted by molar-refractivity contribution is 4.60. The fourth-order valence-corrected chi connectivity index (χ4v) is 0.531. The predicted molar refractivity (Wildman–Crippen MR) is 89.6 cm³/mol. The fourth-order valence-electron chi connectivity index (χ4n) is 0.531. The molecule has 0 N–H and O–H groups in total. The topological polar surface area (TPSA) is 0 Å². The summed E-state index contributed by atoms with van der Waals surface area (Å²) in [5.41, 5.74) is 0. The third kappa shape index (κ3) is 14.2. The van der Waals surface area contributed by atoms with E-state index in [4.69, 9.17) is 54.8 Å². The maximum Gasteiger partial charge on any atom is 0.0300 e. The van der Waals surface area contributed by atoms with E-state index in [-0.39, 0.29) is 0 Å². The average Bonchev–Trinajstić information content (AvgIpc) is 2.94. The van der Waals surface area contributed by atoms with Crippen molar-refractivity contribution in [1.29, 1.82) is 0 Å². The predicted octanol–water partition coefficient (Wildman–Crippen LogP) is 7.08. The second kappa shape index (κ2) is 11.8. The van der Waals surface area contributed by atoms with Crippen molar-refractivity contribution < 1.29 is 54.8 Å². The highest BCUT2D eigenvalue weighted by atomic mass is 14.1. The van der Waals surface area contributed by atoms with Gasteiger partial charge in [-0.2, -0.15) is 0 Å². The second-order valence-corrected chi connectivity index (χ2v) is 2.62. The van der Waals surface area contributed by atoms with Crippen molar-refractivity contribution in [1.82, 2.24) is 0 Å². The molecule has 0 aromatic heterocycles. The van der Waals surface area contributed by atoms with E-state index < -0.39 is 122 Å². The first-order valence-corrected chi connectivity index (χ1v) is 4.50. The lowest BCUT2D eigenvalue weighted by Crippen LogP contribution is -2.00. The van der Waals surface area contributed by atoms with Crippen LogP contribution in [-0.4, -0.2) is 0 Å². The van der Waals surface area contributed by atoms with Gasteiger partial charge in [0.05, 0.1) is 0 Å². The minimum Gasteiger partial charge on any atom is -0.0628 e. The van der Waals surface area contributed by atoms with Gasteiger partial charge in [-0.05, 0) is 23.6 Å². The monoisotopic (exact) mass is 309 g/mol. The Kier molecular flexibility index (Phi) is 1.14. The van der Waals surface area contributed by atoms with E-state index in [1.807, 2.05) is 0 Å². The molecule has 116 valence electrons. The van der Waals surface area contributed by atoms with Crippen LogP contribution in [0.4, 0.5) is 0 Å². The summed E-state index contributed by atoms with van der Waals surface area (Å²) >= 11 is 0. The number of hydrogen-bond donors (Lipinski definition) is 0. The summed E-state index contributed by atoms with van der Waals surface area (Å²) in [4.78, 5) is 0. The van der Waals surface area contributed by atoms with E-state index in [9.17, 15) is 0 Å². The summed E-state index contributed by atoms with van der Waals surface area (Å²) in [6.45, 7) is -28.4. The van der Waals surface area contributed by atoms with Gasteiger partial charge in [-0.25, -0.2) is 0 Å².